The monoisotopic (exact) mass is 400 g/mol. The van der Waals surface area contributed by atoms with Gasteiger partial charge in [0, 0.05) is 17.3 Å². The van der Waals surface area contributed by atoms with E-state index in [9.17, 15) is 9.59 Å². The molecule has 30 heavy (non-hydrogen) atoms. The number of fused-ring (bicyclic) bond motifs is 1. The fraction of sp³-hybridized carbons (Fsp3) is 0.125. The van der Waals surface area contributed by atoms with E-state index in [1.54, 1.807) is 43.5 Å². The van der Waals surface area contributed by atoms with Gasteiger partial charge >= 0.3 is 0 Å². The van der Waals surface area contributed by atoms with Crippen LogP contribution in [0, 0.1) is 6.92 Å². The molecule has 1 N–H and O–H groups in total. The van der Waals surface area contributed by atoms with Gasteiger partial charge in [0.15, 0.2) is 11.0 Å². The highest BCUT2D eigenvalue weighted by Gasteiger charge is 2.19. The second-order valence-corrected chi connectivity index (χ2v) is 6.68. The summed E-state index contributed by atoms with van der Waals surface area (Å²) in [6, 6.07) is 17.7. The van der Waals surface area contributed by atoms with Crippen LogP contribution in [0.4, 0.5) is 5.69 Å². The average Bonchev–Trinajstić information content (AvgIpc) is 2.78. The Morgan fingerprint density at radius 2 is 1.87 bits per heavy atom. The maximum atomic E-state index is 13.1. The molecule has 0 aliphatic rings. The summed E-state index contributed by atoms with van der Waals surface area (Å²) in [6.07, 6.45) is 1.59. The molecule has 0 radical (unpaired) electrons. The van der Waals surface area contributed by atoms with Crippen molar-refractivity contribution in [2.75, 3.05) is 11.9 Å². The molecular formula is C24H20N2O4. The average molecular weight is 400 g/mol. The third kappa shape index (κ3) is 3.55. The first-order valence-electron chi connectivity index (χ1n) is 9.61. The van der Waals surface area contributed by atoms with E-state index in [2.05, 4.69) is 10.3 Å². The number of nitrogens with one attached hydrogen (secondary N) is 1. The van der Waals surface area contributed by atoms with Gasteiger partial charge in [0.2, 0.25) is 5.88 Å². The summed E-state index contributed by atoms with van der Waals surface area (Å²) >= 11 is 0. The van der Waals surface area contributed by atoms with Gasteiger partial charge in [-0.25, -0.2) is 4.98 Å². The van der Waals surface area contributed by atoms with E-state index in [-0.39, 0.29) is 16.6 Å². The number of rotatable bonds is 5. The lowest BCUT2D eigenvalue weighted by Crippen LogP contribution is -2.16. The summed E-state index contributed by atoms with van der Waals surface area (Å²) < 4.78 is 11.6. The van der Waals surface area contributed by atoms with Crippen LogP contribution in [-0.4, -0.2) is 17.5 Å². The number of amides is 1. The number of hydrogen-bond donors (Lipinski definition) is 1. The molecule has 0 atom stereocenters. The number of anilines is 1. The first kappa shape index (κ1) is 19.4. The van der Waals surface area contributed by atoms with Gasteiger partial charge in [0.05, 0.1) is 17.6 Å². The molecule has 6 nitrogen and oxygen atoms in total. The minimum atomic E-state index is -0.416. The Kier molecular flexibility index (Phi) is 5.30. The fourth-order valence-electron chi connectivity index (χ4n) is 3.28. The van der Waals surface area contributed by atoms with Gasteiger partial charge in [-0.1, -0.05) is 36.4 Å². The molecule has 0 saturated heterocycles. The van der Waals surface area contributed by atoms with E-state index in [1.165, 1.54) is 0 Å². The van der Waals surface area contributed by atoms with Gasteiger partial charge in [-0.3, -0.25) is 9.59 Å². The summed E-state index contributed by atoms with van der Waals surface area (Å²) in [4.78, 5) is 30.2. The van der Waals surface area contributed by atoms with Gasteiger partial charge in [0.25, 0.3) is 5.91 Å². The highest BCUT2D eigenvalue weighted by atomic mass is 16.5. The molecule has 4 aromatic rings. The number of pyridine rings is 1. The lowest BCUT2D eigenvalue weighted by Gasteiger charge is -2.12. The van der Waals surface area contributed by atoms with Crippen LogP contribution < -0.4 is 15.5 Å². The van der Waals surface area contributed by atoms with Crippen LogP contribution in [-0.2, 0) is 0 Å². The summed E-state index contributed by atoms with van der Waals surface area (Å²) in [5, 5.41) is 3.17. The van der Waals surface area contributed by atoms with E-state index < -0.39 is 5.91 Å². The predicted molar refractivity (Wildman–Crippen MR) is 116 cm³/mol. The quantitative estimate of drug-likeness (QED) is 0.520. The van der Waals surface area contributed by atoms with Crippen LogP contribution in [0.15, 0.2) is 76.1 Å². The van der Waals surface area contributed by atoms with E-state index in [0.29, 0.717) is 34.9 Å². The van der Waals surface area contributed by atoms with Gasteiger partial charge in [-0.15, -0.1) is 0 Å². The first-order chi connectivity index (χ1) is 14.6. The topological polar surface area (TPSA) is 81.4 Å². The summed E-state index contributed by atoms with van der Waals surface area (Å²) in [5.74, 6) is 0.362. The number of carbonyl (C=O) groups excluding carboxylic acids is 1. The maximum Gasteiger partial charge on any atom is 0.259 e. The molecule has 150 valence electrons. The molecule has 0 saturated carbocycles. The Morgan fingerprint density at radius 1 is 1.07 bits per heavy atom. The zero-order valence-corrected chi connectivity index (χ0v) is 16.6. The number of hydrogen-bond acceptors (Lipinski definition) is 5. The molecule has 0 aliphatic heterocycles. The lowest BCUT2D eigenvalue weighted by atomic mass is 10.0. The number of benzene rings is 2. The molecule has 0 spiro atoms. The first-order valence-corrected chi connectivity index (χ1v) is 9.61. The van der Waals surface area contributed by atoms with E-state index >= 15 is 0 Å². The summed E-state index contributed by atoms with van der Waals surface area (Å²) in [5.41, 5.74) is 2.05. The van der Waals surface area contributed by atoms with Crippen molar-refractivity contribution in [3.63, 3.8) is 0 Å². The van der Waals surface area contributed by atoms with Crippen LogP contribution >= 0.6 is 0 Å². The molecule has 2 aromatic heterocycles. The van der Waals surface area contributed by atoms with E-state index in [1.807, 2.05) is 37.3 Å². The lowest BCUT2D eigenvalue weighted by molar-refractivity contribution is 0.102. The van der Waals surface area contributed by atoms with Crippen LogP contribution in [0.5, 0.6) is 5.88 Å². The van der Waals surface area contributed by atoms with Gasteiger partial charge in [0.1, 0.15) is 11.4 Å². The number of para-hydroxylation sites is 1. The minimum absolute atomic E-state index is 0.166. The minimum Gasteiger partial charge on any atom is -0.476 e. The van der Waals surface area contributed by atoms with Crippen molar-refractivity contribution in [2.24, 2.45) is 0 Å². The number of nitrogens with zero attached hydrogens (tertiary/aromatic N) is 1. The van der Waals surface area contributed by atoms with Gasteiger partial charge in [-0.05, 0) is 38.1 Å². The summed E-state index contributed by atoms with van der Waals surface area (Å²) in [6.45, 7) is 3.99. The molecule has 0 fully saturated rings. The number of ether oxygens (including phenoxy) is 1. The third-order valence-corrected chi connectivity index (χ3v) is 4.73. The van der Waals surface area contributed by atoms with Gasteiger partial charge in [-0.2, -0.15) is 0 Å². The normalized spacial score (nSPS) is 10.7. The van der Waals surface area contributed by atoms with Crippen molar-refractivity contribution in [1.82, 2.24) is 4.98 Å². The molecule has 1 amide bonds. The number of aromatic nitrogens is 1. The van der Waals surface area contributed by atoms with Crippen molar-refractivity contribution in [2.45, 2.75) is 13.8 Å². The van der Waals surface area contributed by atoms with Crippen LogP contribution in [0.3, 0.4) is 0 Å². The molecule has 4 rings (SSSR count). The Bertz CT molecular complexity index is 1280. The standard InChI is InChI=1S/C24H20N2O4/c1-3-29-24-19(13-8-14-25-24)26-23(28)18-12-7-11-17-20(27)15(2)21(30-22(17)18)16-9-5-4-6-10-16/h4-14H,3H2,1-2H3,(H,26,28). The summed E-state index contributed by atoms with van der Waals surface area (Å²) in [7, 11) is 0. The van der Waals surface area contributed by atoms with E-state index in [4.69, 9.17) is 9.15 Å². The molecule has 0 bridgehead atoms. The highest BCUT2D eigenvalue weighted by molar-refractivity contribution is 6.11. The Morgan fingerprint density at radius 3 is 2.63 bits per heavy atom. The maximum absolute atomic E-state index is 13.1. The second kappa shape index (κ2) is 8.21. The smallest absolute Gasteiger partial charge is 0.259 e. The molecule has 0 unspecified atom stereocenters. The zero-order valence-electron chi connectivity index (χ0n) is 16.6. The third-order valence-electron chi connectivity index (χ3n) is 4.73. The zero-order chi connectivity index (χ0) is 21.1. The van der Waals surface area contributed by atoms with Crippen molar-refractivity contribution >= 4 is 22.6 Å². The Balaban J connectivity index is 1.83. The Labute approximate surface area is 173 Å². The van der Waals surface area contributed by atoms with Gasteiger partial charge < -0.3 is 14.5 Å². The molecule has 0 aliphatic carbocycles. The molecule has 2 aromatic carbocycles. The van der Waals surface area contributed by atoms with Crippen LogP contribution in [0.2, 0.25) is 0 Å². The van der Waals surface area contributed by atoms with Crippen molar-refractivity contribution in [3.05, 3.63) is 88.2 Å². The van der Waals surface area contributed by atoms with Crippen LogP contribution in [0.1, 0.15) is 22.8 Å². The second-order valence-electron chi connectivity index (χ2n) is 6.68. The Hall–Kier alpha value is -3.93. The van der Waals surface area contributed by atoms with Crippen molar-refractivity contribution < 1.29 is 13.9 Å². The van der Waals surface area contributed by atoms with Crippen molar-refractivity contribution in [3.8, 4) is 17.2 Å². The predicted octanol–water partition coefficient (Wildman–Crippen LogP) is 4.81. The fourth-order valence-corrected chi connectivity index (χ4v) is 3.28. The number of carbonyl (C=O) groups is 1. The molecule has 2 heterocycles. The molecular weight excluding hydrogens is 380 g/mol. The van der Waals surface area contributed by atoms with Crippen molar-refractivity contribution in [1.29, 1.82) is 0 Å². The van der Waals surface area contributed by atoms with E-state index in [0.717, 1.165) is 5.56 Å². The molecule has 6 heteroatoms. The SMILES string of the molecule is CCOc1ncccc1NC(=O)c1cccc2c(=O)c(C)c(-c3ccccc3)oc12. The largest absolute Gasteiger partial charge is 0.476 e. The van der Waals surface area contributed by atoms with Crippen LogP contribution in [0.25, 0.3) is 22.3 Å². The highest BCUT2D eigenvalue weighted by Crippen LogP contribution is 2.28.